The molecule has 112 valence electrons. The molecule has 2 rings (SSSR count). The van der Waals surface area contributed by atoms with Crippen molar-refractivity contribution in [3.63, 3.8) is 0 Å². The van der Waals surface area contributed by atoms with E-state index in [4.69, 9.17) is 14.0 Å². The Kier molecular flexibility index (Phi) is 4.64. The summed E-state index contributed by atoms with van der Waals surface area (Å²) in [6.45, 7) is 1.49. The Morgan fingerprint density at radius 3 is 2.85 bits per heavy atom. The van der Waals surface area contributed by atoms with Gasteiger partial charge in [-0.3, -0.25) is 4.79 Å². The van der Waals surface area contributed by atoms with Gasteiger partial charge >= 0.3 is 5.97 Å². The molecule has 0 aliphatic heterocycles. The van der Waals surface area contributed by atoms with Gasteiger partial charge in [-0.15, -0.1) is 0 Å². The molecule has 0 bridgehead atoms. The number of halogens is 2. The summed E-state index contributed by atoms with van der Waals surface area (Å²) >= 11 is 0. The first-order valence-electron chi connectivity index (χ1n) is 6.44. The maximum absolute atomic E-state index is 11.9. The molecule has 0 amide bonds. The summed E-state index contributed by atoms with van der Waals surface area (Å²) < 4.78 is 38.5. The molecule has 1 aliphatic carbocycles. The molecule has 0 radical (unpaired) electrons. The lowest BCUT2D eigenvalue weighted by molar-refractivity contribution is -0.146. The Morgan fingerprint density at radius 2 is 2.25 bits per heavy atom. The van der Waals surface area contributed by atoms with E-state index in [1.807, 2.05) is 0 Å². The number of hydrogen-bond donors (Lipinski definition) is 0. The predicted molar refractivity (Wildman–Crippen MR) is 62.4 cm³/mol. The molecule has 0 spiro atoms. The highest BCUT2D eigenvalue weighted by Gasteiger charge is 2.57. The monoisotopic (exact) mass is 290 g/mol. The van der Waals surface area contributed by atoms with Crippen LogP contribution in [0, 0.1) is 0 Å². The average Bonchev–Trinajstić information content (AvgIpc) is 3.08. The van der Waals surface area contributed by atoms with Gasteiger partial charge in [-0.25, -0.2) is 8.78 Å². The minimum atomic E-state index is -2.49. The fraction of sp³-hybridized carbons (Fsp3) is 0.750. The van der Waals surface area contributed by atoms with Crippen LogP contribution < -0.4 is 0 Å². The number of carbonyl (C=O) groups excluding carboxylic acids is 1. The zero-order chi connectivity index (χ0) is 14.6. The summed E-state index contributed by atoms with van der Waals surface area (Å²) in [5, 5.41) is 3.72. The molecule has 1 aliphatic rings. The summed E-state index contributed by atoms with van der Waals surface area (Å²) in [6, 6.07) is 0. The van der Waals surface area contributed by atoms with Gasteiger partial charge in [0.15, 0.2) is 5.82 Å². The number of nitrogens with zero attached hydrogens (tertiary/aromatic N) is 2. The Hall–Kier alpha value is -1.57. The maximum atomic E-state index is 11.9. The molecule has 0 aromatic carbocycles. The van der Waals surface area contributed by atoms with Crippen LogP contribution in [-0.4, -0.2) is 42.4 Å². The first-order valence-corrected chi connectivity index (χ1v) is 6.44. The van der Waals surface area contributed by atoms with E-state index in [0.29, 0.717) is 25.3 Å². The van der Waals surface area contributed by atoms with Gasteiger partial charge in [0.25, 0.3) is 6.43 Å². The number of rotatable bonds is 8. The summed E-state index contributed by atoms with van der Waals surface area (Å²) in [5.41, 5.74) is -0.801. The second-order valence-electron chi connectivity index (χ2n) is 4.53. The zero-order valence-corrected chi connectivity index (χ0v) is 11.1. The van der Waals surface area contributed by atoms with Crippen LogP contribution in [0.25, 0.3) is 0 Å². The highest BCUT2D eigenvalue weighted by atomic mass is 19.3. The smallest absolute Gasteiger partial charge is 0.321 e. The topological polar surface area (TPSA) is 74.5 Å². The third kappa shape index (κ3) is 3.30. The first-order chi connectivity index (χ1) is 9.58. The van der Waals surface area contributed by atoms with Crippen molar-refractivity contribution in [1.29, 1.82) is 0 Å². The lowest BCUT2D eigenvalue weighted by Crippen LogP contribution is -2.23. The quantitative estimate of drug-likeness (QED) is 0.533. The van der Waals surface area contributed by atoms with Crippen molar-refractivity contribution in [2.75, 3.05) is 19.8 Å². The lowest BCUT2D eigenvalue weighted by Gasteiger charge is -2.08. The van der Waals surface area contributed by atoms with E-state index >= 15 is 0 Å². The van der Waals surface area contributed by atoms with E-state index < -0.39 is 18.4 Å². The van der Waals surface area contributed by atoms with E-state index in [9.17, 15) is 13.6 Å². The zero-order valence-electron chi connectivity index (χ0n) is 11.1. The lowest BCUT2D eigenvalue weighted by atomic mass is 10.1. The van der Waals surface area contributed by atoms with Gasteiger partial charge < -0.3 is 14.0 Å². The fourth-order valence-corrected chi connectivity index (χ4v) is 1.79. The molecule has 1 aromatic rings. The average molecular weight is 290 g/mol. The van der Waals surface area contributed by atoms with E-state index in [0.717, 1.165) is 0 Å². The van der Waals surface area contributed by atoms with Crippen LogP contribution in [0.4, 0.5) is 8.78 Å². The van der Waals surface area contributed by atoms with Gasteiger partial charge in [-0.05, 0) is 19.8 Å². The number of ether oxygens (including phenoxy) is 2. The third-order valence-electron chi connectivity index (χ3n) is 3.01. The Morgan fingerprint density at radius 1 is 1.50 bits per heavy atom. The second-order valence-corrected chi connectivity index (χ2v) is 4.53. The highest BCUT2D eigenvalue weighted by Crippen LogP contribution is 2.48. The summed E-state index contributed by atoms with van der Waals surface area (Å²) in [5.74, 6) is 0.216. The number of esters is 1. The van der Waals surface area contributed by atoms with Crippen LogP contribution in [0.3, 0.4) is 0 Å². The van der Waals surface area contributed by atoms with Crippen molar-refractivity contribution in [2.45, 2.75) is 38.0 Å². The highest BCUT2D eigenvalue weighted by molar-refractivity contribution is 5.85. The number of alkyl halides is 2. The molecule has 6 nitrogen and oxygen atoms in total. The van der Waals surface area contributed by atoms with Gasteiger partial charge in [-0.1, -0.05) is 5.16 Å². The van der Waals surface area contributed by atoms with Crippen molar-refractivity contribution < 1.29 is 27.6 Å². The number of hydrogen-bond acceptors (Lipinski definition) is 6. The Labute approximate surface area is 114 Å². The van der Waals surface area contributed by atoms with E-state index in [2.05, 4.69) is 10.1 Å². The summed E-state index contributed by atoms with van der Waals surface area (Å²) in [6.07, 6.45) is -0.991. The molecule has 8 heteroatoms. The second kappa shape index (κ2) is 6.25. The maximum Gasteiger partial charge on any atom is 0.321 e. The van der Waals surface area contributed by atoms with Crippen LogP contribution in [0.15, 0.2) is 4.52 Å². The van der Waals surface area contributed by atoms with Gasteiger partial charge in [0, 0.05) is 6.42 Å². The summed E-state index contributed by atoms with van der Waals surface area (Å²) in [7, 11) is 0. The largest absolute Gasteiger partial charge is 0.465 e. The van der Waals surface area contributed by atoms with Crippen molar-refractivity contribution in [3.05, 3.63) is 11.7 Å². The third-order valence-corrected chi connectivity index (χ3v) is 3.01. The van der Waals surface area contributed by atoms with Gasteiger partial charge in [-0.2, -0.15) is 4.98 Å². The van der Waals surface area contributed by atoms with Gasteiger partial charge in [0.2, 0.25) is 5.89 Å². The first kappa shape index (κ1) is 14.8. The Bertz CT molecular complexity index is 460. The van der Waals surface area contributed by atoms with E-state index in [-0.39, 0.29) is 24.9 Å². The van der Waals surface area contributed by atoms with Crippen molar-refractivity contribution in [1.82, 2.24) is 10.1 Å². The molecule has 0 saturated heterocycles. The number of aromatic nitrogens is 2. The van der Waals surface area contributed by atoms with E-state index in [1.54, 1.807) is 6.92 Å². The normalized spacial score (nSPS) is 16.4. The molecule has 20 heavy (non-hydrogen) atoms. The van der Waals surface area contributed by atoms with Crippen LogP contribution in [0.2, 0.25) is 0 Å². The minimum absolute atomic E-state index is 0.0791. The van der Waals surface area contributed by atoms with Gasteiger partial charge in [0.1, 0.15) is 12.0 Å². The molecular formula is C12H16F2N2O4. The number of carbonyl (C=O) groups is 1. The molecule has 0 unspecified atom stereocenters. The van der Waals surface area contributed by atoms with Crippen molar-refractivity contribution in [3.8, 4) is 0 Å². The van der Waals surface area contributed by atoms with Crippen LogP contribution in [0.1, 0.15) is 31.5 Å². The van der Waals surface area contributed by atoms with Crippen molar-refractivity contribution >= 4 is 5.97 Å². The SMILES string of the molecule is CCOC(=O)C1(c2nc(CCOCC(F)F)no2)CC1. The molecule has 1 saturated carbocycles. The summed E-state index contributed by atoms with van der Waals surface area (Å²) in [4.78, 5) is 15.9. The minimum Gasteiger partial charge on any atom is -0.465 e. The van der Waals surface area contributed by atoms with Crippen LogP contribution >= 0.6 is 0 Å². The predicted octanol–water partition coefficient (Wildman–Crippen LogP) is 1.49. The molecule has 1 aromatic heterocycles. The van der Waals surface area contributed by atoms with Crippen molar-refractivity contribution in [2.24, 2.45) is 0 Å². The standard InChI is InChI=1S/C12H16F2N2O4/c1-2-19-11(17)12(4-5-12)10-15-9(16-20-10)3-6-18-7-8(13)14/h8H,2-7H2,1H3. The van der Waals surface area contributed by atoms with Crippen LogP contribution in [0.5, 0.6) is 0 Å². The fourth-order valence-electron chi connectivity index (χ4n) is 1.79. The molecule has 1 fully saturated rings. The molecular weight excluding hydrogens is 274 g/mol. The molecule has 0 atom stereocenters. The van der Waals surface area contributed by atoms with Crippen LogP contribution in [-0.2, 0) is 26.1 Å². The van der Waals surface area contributed by atoms with E-state index in [1.165, 1.54) is 0 Å². The molecule has 1 heterocycles. The molecule has 0 N–H and O–H groups in total. The van der Waals surface area contributed by atoms with Gasteiger partial charge in [0.05, 0.1) is 13.2 Å². The Balaban J connectivity index is 1.87.